The quantitative estimate of drug-likeness (QED) is 0.868. The summed E-state index contributed by atoms with van der Waals surface area (Å²) >= 11 is 0. The first-order chi connectivity index (χ1) is 9.80. The number of carbonyl (C=O) groups is 2. The van der Waals surface area contributed by atoms with Gasteiger partial charge in [0.05, 0.1) is 5.70 Å². The summed E-state index contributed by atoms with van der Waals surface area (Å²) in [5, 5.41) is 3.08. The number of Topliss-reactive ketones (excluding diaryl/α,β-unsaturated/α-hetero) is 1. The van der Waals surface area contributed by atoms with Crippen LogP contribution in [0.3, 0.4) is 0 Å². The lowest BCUT2D eigenvalue weighted by Crippen LogP contribution is -2.39. The molecule has 112 valence electrons. The van der Waals surface area contributed by atoms with E-state index in [1.165, 1.54) is 18.5 Å². The molecule has 0 amide bonds. The molecular weight excluding hydrogens is 268 g/mol. The molecular formula is C15H20N4O2. The van der Waals surface area contributed by atoms with E-state index in [-0.39, 0.29) is 28.4 Å². The molecule has 1 aliphatic carbocycles. The van der Waals surface area contributed by atoms with Gasteiger partial charge in [0, 0.05) is 31.6 Å². The Balaban J connectivity index is 2.13. The van der Waals surface area contributed by atoms with Crippen LogP contribution in [-0.4, -0.2) is 53.6 Å². The van der Waals surface area contributed by atoms with Gasteiger partial charge >= 0.3 is 0 Å². The zero-order chi connectivity index (χ0) is 15.6. The van der Waals surface area contributed by atoms with E-state index < -0.39 is 0 Å². The topological polar surface area (TPSA) is 75.2 Å². The summed E-state index contributed by atoms with van der Waals surface area (Å²) in [5.41, 5.74) is 0.509. The van der Waals surface area contributed by atoms with Gasteiger partial charge in [-0.2, -0.15) is 0 Å². The Labute approximate surface area is 124 Å². The fourth-order valence-corrected chi connectivity index (χ4v) is 2.45. The summed E-state index contributed by atoms with van der Waals surface area (Å²) in [6, 6.07) is 0. The maximum Gasteiger partial charge on any atom is 0.229 e. The molecule has 0 bridgehead atoms. The average molecular weight is 288 g/mol. The van der Waals surface area contributed by atoms with Crippen molar-refractivity contribution in [3.8, 4) is 0 Å². The first-order valence-electron chi connectivity index (χ1n) is 6.80. The van der Waals surface area contributed by atoms with Crippen molar-refractivity contribution in [1.29, 1.82) is 0 Å². The van der Waals surface area contributed by atoms with Gasteiger partial charge in [-0.05, 0) is 19.5 Å². The smallest absolute Gasteiger partial charge is 0.229 e. The number of hydrogen-bond acceptors (Lipinski definition) is 6. The standard InChI is InChI=1S/C15H20N4O2/c1-15(2,9-19(3)4)8-18-10-7-11(20)12-13(14(10)21)17-6-5-16-12/h5-7,18H,8-9H2,1-4H3. The van der Waals surface area contributed by atoms with E-state index in [1.54, 1.807) is 0 Å². The van der Waals surface area contributed by atoms with Crippen molar-refractivity contribution in [1.82, 2.24) is 20.2 Å². The number of rotatable bonds is 5. The Bertz CT molecular complexity index is 605. The van der Waals surface area contributed by atoms with Crippen molar-refractivity contribution in [3.05, 3.63) is 35.6 Å². The SMILES string of the molecule is CN(C)CC(C)(C)CNC1=CC(=O)c2nccnc2C1=O. The molecule has 1 N–H and O–H groups in total. The maximum atomic E-state index is 12.3. The number of fused-ring (bicyclic) bond motifs is 1. The molecule has 2 rings (SSSR count). The van der Waals surface area contributed by atoms with Crippen LogP contribution in [0, 0.1) is 5.41 Å². The van der Waals surface area contributed by atoms with Crippen LogP contribution in [0.4, 0.5) is 0 Å². The van der Waals surface area contributed by atoms with Gasteiger partial charge in [-0.15, -0.1) is 0 Å². The Hall–Kier alpha value is -2.08. The van der Waals surface area contributed by atoms with Gasteiger partial charge in [-0.25, -0.2) is 9.97 Å². The molecule has 0 unspecified atom stereocenters. The summed E-state index contributed by atoms with van der Waals surface area (Å²) in [5.74, 6) is -0.566. The van der Waals surface area contributed by atoms with Gasteiger partial charge in [0.15, 0.2) is 0 Å². The van der Waals surface area contributed by atoms with Crippen LogP contribution in [0.25, 0.3) is 0 Å². The van der Waals surface area contributed by atoms with E-state index in [0.717, 1.165) is 6.54 Å². The third kappa shape index (κ3) is 3.52. The minimum Gasteiger partial charge on any atom is -0.381 e. The highest BCUT2D eigenvalue weighted by atomic mass is 16.1. The maximum absolute atomic E-state index is 12.3. The second-order valence-electron chi connectivity index (χ2n) is 6.26. The van der Waals surface area contributed by atoms with Gasteiger partial charge < -0.3 is 10.2 Å². The Morgan fingerprint density at radius 2 is 1.76 bits per heavy atom. The minimum atomic E-state index is -0.286. The van der Waals surface area contributed by atoms with E-state index in [0.29, 0.717) is 12.2 Å². The molecule has 0 fully saturated rings. The van der Waals surface area contributed by atoms with Crippen molar-refractivity contribution in [2.24, 2.45) is 5.41 Å². The molecule has 0 saturated carbocycles. The Morgan fingerprint density at radius 3 is 2.38 bits per heavy atom. The monoisotopic (exact) mass is 288 g/mol. The fraction of sp³-hybridized carbons (Fsp3) is 0.467. The molecule has 0 aliphatic heterocycles. The Morgan fingerprint density at radius 1 is 1.14 bits per heavy atom. The second kappa shape index (κ2) is 5.73. The first kappa shape index (κ1) is 15.3. The predicted molar refractivity (Wildman–Crippen MR) is 79.1 cm³/mol. The third-order valence-electron chi connectivity index (χ3n) is 3.17. The molecule has 0 saturated heterocycles. The van der Waals surface area contributed by atoms with Crippen LogP contribution < -0.4 is 5.32 Å². The lowest BCUT2D eigenvalue weighted by molar-refractivity contribution is 0.0968. The summed E-state index contributed by atoms with van der Waals surface area (Å²) in [7, 11) is 4.00. The number of ketones is 2. The highest BCUT2D eigenvalue weighted by Gasteiger charge is 2.29. The van der Waals surface area contributed by atoms with Crippen LogP contribution >= 0.6 is 0 Å². The fourth-order valence-electron chi connectivity index (χ4n) is 2.45. The average Bonchev–Trinajstić information content (AvgIpc) is 2.40. The zero-order valence-electron chi connectivity index (χ0n) is 12.8. The van der Waals surface area contributed by atoms with E-state index in [1.807, 2.05) is 14.1 Å². The number of nitrogens with zero attached hydrogens (tertiary/aromatic N) is 3. The molecule has 6 nitrogen and oxygen atoms in total. The minimum absolute atomic E-state index is 0.0314. The number of nitrogens with one attached hydrogen (secondary N) is 1. The van der Waals surface area contributed by atoms with Gasteiger partial charge in [-0.1, -0.05) is 13.8 Å². The lowest BCUT2D eigenvalue weighted by atomic mass is 9.92. The predicted octanol–water partition coefficient (Wildman–Crippen LogP) is 0.917. The van der Waals surface area contributed by atoms with Crippen molar-refractivity contribution >= 4 is 11.6 Å². The van der Waals surface area contributed by atoms with Gasteiger partial charge in [-0.3, -0.25) is 9.59 Å². The van der Waals surface area contributed by atoms with Crippen LogP contribution in [0.2, 0.25) is 0 Å². The number of carbonyl (C=O) groups excluding carboxylic acids is 2. The van der Waals surface area contributed by atoms with Crippen molar-refractivity contribution in [3.63, 3.8) is 0 Å². The molecule has 0 atom stereocenters. The highest BCUT2D eigenvalue weighted by Crippen LogP contribution is 2.19. The first-order valence-corrected chi connectivity index (χ1v) is 6.80. The van der Waals surface area contributed by atoms with E-state index in [2.05, 4.69) is 34.0 Å². The van der Waals surface area contributed by atoms with Crippen molar-refractivity contribution in [2.75, 3.05) is 27.2 Å². The van der Waals surface area contributed by atoms with E-state index in [4.69, 9.17) is 0 Å². The van der Waals surface area contributed by atoms with Gasteiger partial charge in [0.2, 0.25) is 11.6 Å². The number of aromatic nitrogens is 2. The molecule has 1 aliphatic rings. The highest BCUT2D eigenvalue weighted by molar-refractivity contribution is 6.22. The molecule has 6 heteroatoms. The van der Waals surface area contributed by atoms with Gasteiger partial charge in [0.25, 0.3) is 0 Å². The molecule has 1 heterocycles. The van der Waals surface area contributed by atoms with Crippen molar-refractivity contribution in [2.45, 2.75) is 13.8 Å². The van der Waals surface area contributed by atoms with Crippen LogP contribution in [-0.2, 0) is 0 Å². The van der Waals surface area contributed by atoms with Gasteiger partial charge in [0.1, 0.15) is 11.4 Å². The largest absolute Gasteiger partial charge is 0.381 e. The molecule has 1 aromatic heterocycles. The van der Waals surface area contributed by atoms with Crippen LogP contribution in [0.15, 0.2) is 24.2 Å². The summed E-state index contributed by atoms with van der Waals surface area (Å²) in [6.45, 7) is 5.66. The summed E-state index contributed by atoms with van der Waals surface area (Å²) in [4.78, 5) is 34.3. The summed E-state index contributed by atoms with van der Waals surface area (Å²) < 4.78 is 0. The van der Waals surface area contributed by atoms with E-state index in [9.17, 15) is 9.59 Å². The third-order valence-corrected chi connectivity index (χ3v) is 3.17. The molecule has 0 radical (unpaired) electrons. The van der Waals surface area contributed by atoms with Crippen LogP contribution in [0.5, 0.6) is 0 Å². The van der Waals surface area contributed by atoms with E-state index >= 15 is 0 Å². The van der Waals surface area contributed by atoms with Crippen LogP contribution in [0.1, 0.15) is 34.8 Å². The molecule has 1 aromatic rings. The summed E-state index contributed by atoms with van der Waals surface area (Å²) in [6.07, 6.45) is 4.14. The number of allylic oxidation sites excluding steroid dienone is 2. The number of hydrogen-bond donors (Lipinski definition) is 1. The molecule has 0 aromatic carbocycles. The lowest BCUT2D eigenvalue weighted by Gasteiger charge is -2.29. The Kier molecular flexibility index (Phi) is 4.18. The second-order valence-corrected chi connectivity index (χ2v) is 6.26. The van der Waals surface area contributed by atoms with Crippen molar-refractivity contribution < 1.29 is 9.59 Å². The normalized spacial score (nSPS) is 15.0. The molecule has 0 spiro atoms. The molecule has 21 heavy (non-hydrogen) atoms. The zero-order valence-corrected chi connectivity index (χ0v) is 12.8.